The first kappa shape index (κ1) is 16.3. The van der Waals surface area contributed by atoms with Crippen LogP contribution in [0.25, 0.3) is 5.69 Å². The van der Waals surface area contributed by atoms with Crippen molar-refractivity contribution in [2.24, 2.45) is 0 Å². The number of aromatic nitrogens is 2. The van der Waals surface area contributed by atoms with E-state index in [1.807, 2.05) is 18.2 Å². The molecule has 0 saturated carbocycles. The lowest BCUT2D eigenvalue weighted by atomic mass is 10.1. The Labute approximate surface area is 137 Å². The topological polar surface area (TPSA) is 29.9 Å². The van der Waals surface area contributed by atoms with Crippen LogP contribution in [0.5, 0.6) is 0 Å². The van der Waals surface area contributed by atoms with Crippen LogP contribution >= 0.6 is 0 Å². The highest BCUT2D eigenvalue weighted by atomic mass is 19.4. The minimum absolute atomic E-state index is 0.129. The molecule has 24 heavy (non-hydrogen) atoms. The minimum atomic E-state index is -4.39. The first-order valence-electron chi connectivity index (χ1n) is 7.49. The summed E-state index contributed by atoms with van der Waals surface area (Å²) in [4.78, 5) is 4.21. The largest absolute Gasteiger partial charge is 0.418 e. The van der Waals surface area contributed by atoms with Gasteiger partial charge in [0.25, 0.3) is 0 Å². The Morgan fingerprint density at radius 1 is 0.917 bits per heavy atom. The molecule has 3 rings (SSSR count). The van der Waals surface area contributed by atoms with Crippen LogP contribution in [0.4, 0.5) is 13.2 Å². The van der Waals surface area contributed by atoms with Crippen molar-refractivity contribution >= 4 is 0 Å². The standard InChI is InChI=1S/C18H16F3N3/c19-18(20,21)16-8-1-2-9-17(16)24-11-5-7-15(24)13-22-12-14-6-3-4-10-23-14/h1-11,22H,12-13H2. The van der Waals surface area contributed by atoms with Crippen LogP contribution in [0.15, 0.2) is 67.0 Å². The Hall–Kier alpha value is -2.60. The number of rotatable bonds is 5. The number of para-hydroxylation sites is 1. The second-order valence-corrected chi connectivity index (χ2v) is 5.31. The highest BCUT2D eigenvalue weighted by Gasteiger charge is 2.33. The average molecular weight is 331 g/mol. The summed E-state index contributed by atoms with van der Waals surface area (Å²) in [7, 11) is 0. The first-order chi connectivity index (χ1) is 11.6. The third-order valence-electron chi connectivity index (χ3n) is 3.64. The molecule has 0 bridgehead atoms. The van der Waals surface area contributed by atoms with Gasteiger partial charge in [-0.15, -0.1) is 0 Å². The summed E-state index contributed by atoms with van der Waals surface area (Å²) >= 11 is 0. The summed E-state index contributed by atoms with van der Waals surface area (Å²) in [6, 6.07) is 14.7. The van der Waals surface area contributed by atoms with E-state index in [1.54, 1.807) is 35.2 Å². The number of alkyl halides is 3. The van der Waals surface area contributed by atoms with Crippen molar-refractivity contribution in [2.75, 3.05) is 0 Å². The molecule has 0 amide bonds. The third-order valence-corrected chi connectivity index (χ3v) is 3.64. The Morgan fingerprint density at radius 3 is 2.46 bits per heavy atom. The molecule has 2 aromatic heterocycles. The lowest BCUT2D eigenvalue weighted by Crippen LogP contribution is -2.17. The van der Waals surface area contributed by atoms with Gasteiger partial charge in [-0.3, -0.25) is 4.98 Å². The molecule has 0 spiro atoms. The summed E-state index contributed by atoms with van der Waals surface area (Å²) < 4.78 is 41.2. The molecule has 0 unspecified atom stereocenters. The van der Waals surface area contributed by atoms with E-state index < -0.39 is 11.7 Å². The van der Waals surface area contributed by atoms with Gasteiger partial charge in [-0.05, 0) is 36.4 Å². The summed E-state index contributed by atoms with van der Waals surface area (Å²) in [6.07, 6.45) is -1.04. The maximum atomic E-state index is 13.2. The van der Waals surface area contributed by atoms with Crippen molar-refractivity contribution in [1.29, 1.82) is 0 Å². The monoisotopic (exact) mass is 331 g/mol. The lowest BCUT2D eigenvalue weighted by molar-refractivity contribution is -0.137. The Kier molecular flexibility index (Phi) is 4.66. The van der Waals surface area contributed by atoms with Crippen molar-refractivity contribution in [3.8, 4) is 5.69 Å². The summed E-state index contributed by atoms with van der Waals surface area (Å²) in [5, 5.41) is 3.21. The summed E-state index contributed by atoms with van der Waals surface area (Å²) in [6.45, 7) is 0.989. The summed E-state index contributed by atoms with van der Waals surface area (Å²) in [5.74, 6) is 0. The van der Waals surface area contributed by atoms with E-state index in [0.717, 1.165) is 17.5 Å². The van der Waals surface area contributed by atoms with Crippen LogP contribution < -0.4 is 5.32 Å². The van der Waals surface area contributed by atoms with E-state index >= 15 is 0 Å². The molecular formula is C18H16F3N3. The first-order valence-corrected chi connectivity index (χ1v) is 7.49. The van der Waals surface area contributed by atoms with E-state index in [-0.39, 0.29) is 5.69 Å². The molecule has 3 aromatic rings. The maximum absolute atomic E-state index is 13.2. The fourth-order valence-electron chi connectivity index (χ4n) is 2.54. The number of benzene rings is 1. The van der Waals surface area contributed by atoms with Gasteiger partial charge < -0.3 is 9.88 Å². The number of pyridine rings is 1. The fourth-order valence-corrected chi connectivity index (χ4v) is 2.54. The van der Waals surface area contributed by atoms with Gasteiger partial charge >= 0.3 is 6.18 Å². The fraction of sp³-hybridized carbons (Fsp3) is 0.167. The minimum Gasteiger partial charge on any atom is -0.319 e. The van der Waals surface area contributed by atoms with Crippen LogP contribution in [0.3, 0.4) is 0 Å². The van der Waals surface area contributed by atoms with Gasteiger partial charge in [0.2, 0.25) is 0 Å². The predicted molar refractivity (Wildman–Crippen MR) is 85.6 cm³/mol. The summed E-state index contributed by atoms with van der Waals surface area (Å²) in [5.41, 5.74) is 1.12. The van der Waals surface area contributed by atoms with E-state index in [4.69, 9.17) is 0 Å². The Bertz CT molecular complexity index is 795. The zero-order chi connectivity index (χ0) is 17.0. The second kappa shape index (κ2) is 6.88. The molecule has 3 nitrogen and oxygen atoms in total. The van der Waals surface area contributed by atoms with Crippen LogP contribution in [0, 0.1) is 0 Å². The molecule has 0 radical (unpaired) electrons. The van der Waals surface area contributed by atoms with Gasteiger partial charge in [0, 0.05) is 31.2 Å². The molecule has 0 fully saturated rings. The molecule has 1 aromatic carbocycles. The van der Waals surface area contributed by atoms with Crippen LogP contribution in [-0.4, -0.2) is 9.55 Å². The third kappa shape index (κ3) is 3.65. The van der Waals surface area contributed by atoms with Crippen LogP contribution in [-0.2, 0) is 19.3 Å². The van der Waals surface area contributed by atoms with Crippen molar-refractivity contribution in [1.82, 2.24) is 14.9 Å². The zero-order valence-electron chi connectivity index (χ0n) is 12.8. The van der Waals surface area contributed by atoms with Crippen LogP contribution in [0.2, 0.25) is 0 Å². The average Bonchev–Trinajstić information content (AvgIpc) is 3.03. The lowest BCUT2D eigenvalue weighted by Gasteiger charge is -2.16. The molecule has 6 heteroatoms. The van der Waals surface area contributed by atoms with E-state index in [0.29, 0.717) is 13.1 Å². The molecule has 0 atom stereocenters. The van der Waals surface area contributed by atoms with Gasteiger partial charge in [-0.2, -0.15) is 13.2 Å². The van der Waals surface area contributed by atoms with E-state index in [9.17, 15) is 13.2 Å². The van der Waals surface area contributed by atoms with Crippen molar-refractivity contribution in [3.63, 3.8) is 0 Å². The predicted octanol–water partition coefficient (Wildman–Crippen LogP) is 4.18. The number of hydrogen-bond acceptors (Lipinski definition) is 2. The van der Waals surface area contributed by atoms with Crippen molar-refractivity contribution in [2.45, 2.75) is 19.3 Å². The maximum Gasteiger partial charge on any atom is 0.418 e. The SMILES string of the molecule is FC(F)(F)c1ccccc1-n1cccc1CNCc1ccccn1. The van der Waals surface area contributed by atoms with Crippen molar-refractivity contribution < 1.29 is 13.2 Å². The molecule has 0 aliphatic rings. The number of halogens is 3. The second-order valence-electron chi connectivity index (χ2n) is 5.31. The Balaban J connectivity index is 1.79. The number of nitrogens with zero attached hydrogens (tertiary/aromatic N) is 2. The molecule has 124 valence electrons. The number of hydrogen-bond donors (Lipinski definition) is 1. The smallest absolute Gasteiger partial charge is 0.319 e. The zero-order valence-corrected chi connectivity index (χ0v) is 12.8. The molecule has 0 saturated heterocycles. The van der Waals surface area contributed by atoms with Gasteiger partial charge in [0.05, 0.1) is 16.9 Å². The quantitative estimate of drug-likeness (QED) is 0.760. The van der Waals surface area contributed by atoms with Crippen molar-refractivity contribution in [3.05, 3.63) is 83.9 Å². The van der Waals surface area contributed by atoms with Gasteiger partial charge in [0.1, 0.15) is 0 Å². The molecule has 2 heterocycles. The van der Waals surface area contributed by atoms with E-state index in [2.05, 4.69) is 10.3 Å². The molecule has 1 N–H and O–H groups in total. The van der Waals surface area contributed by atoms with E-state index in [1.165, 1.54) is 12.1 Å². The van der Waals surface area contributed by atoms with Gasteiger partial charge in [0.15, 0.2) is 0 Å². The molecular weight excluding hydrogens is 315 g/mol. The van der Waals surface area contributed by atoms with Gasteiger partial charge in [-0.25, -0.2) is 0 Å². The van der Waals surface area contributed by atoms with Crippen LogP contribution in [0.1, 0.15) is 17.0 Å². The highest BCUT2D eigenvalue weighted by molar-refractivity contribution is 5.44. The number of nitrogens with one attached hydrogen (secondary N) is 1. The molecule has 0 aliphatic carbocycles. The van der Waals surface area contributed by atoms with Gasteiger partial charge in [-0.1, -0.05) is 18.2 Å². The molecule has 0 aliphatic heterocycles. The normalized spacial score (nSPS) is 11.6. The Morgan fingerprint density at radius 2 is 1.71 bits per heavy atom. The highest BCUT2D eigenvalue weighted by Crippen LogP contribution is 2.34.